The number of nitrogens with one attached hydrogen (secondary N) is 1. The maximum atomic E-state index is 13.9. The van der Waals surface area contributed by atoms with E-state index in [9.17, 15) is 12.8 Å². The molecule has 10 heteroatoms. The van der Waals surface area contributed by atoms with Crippen molar-refractivity contribution in [2.75, 3.05) is 4.72 Å². The summed E-state index contributed by atoms with van der Waals surface area (Å²) in [6, 6.07) is 5.03. The van der Waals surface area contributed by atoms with E-state index < -0.39 is 15.8 Å². The fourth-order valence-electron chi connectivity index (χ4n) is 1.41. The average molecular weight is 430 g/mol. The SMILES string of the molecule is NC(=S)c1ccc(NS(=O)(=O)c2cc(Cl)c(Br)s2)c(F)c1. The zero-order valence-electron chi connectivity index (χ0n) is 10.1. The first-order valence-corrected chi connectivity index (χ1v) is 9.15. The molecule has 0 saturated carbocycles. The summed E-state index contributed by atoms with van der Waals surface area (Å²) in [7, 11) is -3.92. The van der Waals surface area contributed by atoms with Crippen molar-refractivity contribution < 1.29 is 12.8 Å². The Morgan fingerprint density at radius 3 is 2.57 bits per heavy atom. The van der Waals surface area contributed by atoms with Gasteiger partial charge in [-0.2, -0.15) is 0 Å². The van der Waals surface area contributed by atoms with Gasteiger partial charge in [-0.25, -0.2) is 12.8 Å². The smallest absolute Gasteiger partial charge is 0.271 e. The van der Waals surface area contributed by atoms with E-state index in [0.717, 1.165) is 17.4 Å². The van der Waals surface area contributed by atoms with Crippen LogP contribution in [0.5, 0.6) is 0 Å². The fraction of sp³-hybridized carbons (Fsp3) is 0. The maximum absolute atomic E-state index is 13.9. The molecule has 21 heavy (non-hydrogen) atoms. The number of rotatable bonds is 4. The molecule has 0 spiro atoms. The van der Waals surface area contributed by atoms with Gasteiger partial charge in [0.15, 0.2) is 0 Å². The lowest BCUT2D eigenvalue weighted by Crippen LogP contribution is -2.14. The summed E-state index contributed by atoms with van der Waals surface area (Å²) < 4.78 is 40.8. The number of thiophene rings is 1. The highest BCUT2D eigenvalue weighted by Gasteiger charge is 2.20. The Morgan fingerprint density at radius 1 is 1.43 bits per heavy atom. The number of hydrogen-bond acceptors (Lipinski definition) is 4. The molecular formula is C11H7BrClFN2O2S3. The Hall–Kier alpha value is -0.740. The summed E-state index contributed by atoms with van der Waals surface area (Å²) in [5.74, 6) is -0.773. The Kier molecular flexibility index (Phi) is 4.89. The van der Waals surface area contributed by atoms with E-state index >= 15 is 0 Å². The molecule has 0 aliphatic heterocycles. The number of benzene rings is 1. The molecule has 0 aliphatic rings. The second-order valence-electron chi connectivity index (χ2n) is 3.85. The van der Waals surface area contributed by atoms with Crippen LogP contribution < -0.4 is 10.5 Å². The summed E-state index contributed by atoms with van der Waals surface area (Å²) in [4.78, 5) is 0.0253. The van der Waals surface area contributed by atoms with E-state index in [1.807, 2.05) is 0 Å². The number of halogens is 3. The highest BCUT2D eigenvalue weighted by atomic mass is 79.9. The summed E-state index contributed by atoms with van der Waals surface area (Å²) in [6.07, 6.45) is 0. The van der Waals surface area contributed by atoms with Crippen LogP contribution in [0.1, 0.15) is 5.56 Å². The van der Waals surface area contributed by atoms with Crippen molar-refractivity contribution in [2.24, 2.45) is 5.73 Å². The van der Waals surface area contributed by atoms with Gasteiger partial charge in [0.1, 0.15) is 15.0 Å². The van der Waals surface area contributed by atoms with Crippen molar-refractivity contribution in [1.82, 2.24) is 0 Å². The number of anilines is 1. The van der Waals surface area contributed by atoms with Crippen LogP contribution in [-0.2, 0) is 10.0 Å². The summed E-state index contributed by atoms with van der Waals surface area (Å²) in [5.41, 5.74) is 5.49. The van der Waals surface area contributed by atoms with Crippen LogP contribution in [0.2, 0.25) is 5.02 Å². The van der Waals surface area contributed by atoms with Crippen LogP contribution in [0.15, 0.2) is 32.3 Å². The molecule has 0 atom stereocenters. The van der Waals surface area contributed by atoms with Gasteiger partial charge in [-0.05, 0) is 40.2 Å². The molecule has 3 N–H and O–H groups in total. The Morgan fingerprint density at radius 2 is 2.10 bits per heavy atom. The number of hydrogen-bond donors (Lipinski definition) is 2. The van der Waals surface area contributed by atoms with Crippen molar-refractivity contribution in [3.8, 4) is 0 Å². The van der Waals surface area contributed by atoms with Crippen LogP contribution in [0.25, 0.3) is 0 Å². The predicted molar refractivity (Wildman–Crippen MR) is 90.1 cm³/mol. The quantitative estimate of drug-likeness (QED) is 0.726. The first-order valence-electron chi connectivity index (χ1n) is 5.27. The lowest BCUT2D eigenvalue weighted by atomic mass is 10.2. The van der Waals surface area contributed by atoms with Crippen molar-refractivity contribution in [1.29, 1.82) is 0 Å². The molecule has 0 aliphatic carbocycles. The molecule has 0 unspecified atom stereocenters. The monoisotopic (exact) mass is 428 g/mol. The van der Waals surface area contributed by atoms with Crippen molar-refractivity contribution >= 4 is 71.8 Å². The van der Waals surface area contributed by atoms with Crippen molar-refractivity contribution in [3.63, 3.8) is 0 Å². The summed E-state index contributed by atoms with van der Waals surface area (Å²) >= 11 is 14.6. The molecular weight excluding hydrogens is 423 g/mol. The van der Waals surface area contributed by atoms with E-state index in [4.69, 9.17) is 29.6 Å². The molecule has 0 saturated heterocycles. The van der Waals surface area contributed by atoms with E-state index in [2.05, 4.69) is 20.7 Å². The van der Waals surface area contributed by atoms with Gasteiger partial charge in [0.25, 0.3) is 10.0 Å². The number of nitrogens with two attached hydrogens (primary N) is 1. The number of sulfonamides is 1. The molecule has 2 rings (SSSR count). The van der Waals surface area contributed by atoms with E-state index in [0.29, 0.717) is 9.35 Å². The van der Waals surface area contributed by atoms with Gasteiger partial charge in [0, 0.05) is 5.56 Å². The lowest BCUT2D eigenvalue weighted by molar-refractivity contribution is 0.600. The van der Waals surface area contributed by atoms with E-state index in [1.165, 1.54) is 18.2 Å². The van der Waals surface area contributed by atoms with E-state index in [1.54, 1.807) is 0 Å². The normalized spacial score (nSPS) is 11.4. The Bertz CT molecular complexity index is 803. The van der Waals surface area contributed by atoms with Crippen LogP contribution in [0.4, 0.5) is 10.1 Å². The topological polar surface area (TPSA) is 72.2 Å². The highest BCUT2D eigenvalue weighted by Crippen LogP contribution is 2.35. The minimum atomic E-state index is -3.92. The minimum Gasteiger partial charge on any atom is -0.389 e. The average Bonchev–Trinajstić information content (AvgIpc) is 2.72. The van der Waals surface area contributed by atoms with Crippen LogP contribution >= 0.6 is 51.1 Å². The standard InChI is InChI=1S/C11H7BrClFN2O2S3/c12-10-6(13)4-9(20-10)21(17,18)16-8-2-1-5(11(15)19)3-7(8)14/h1-4,16H,(H2,15,19). The van der Waals surface area contributed by atoms with Crippen LogP contribution in [-0.4, -0.2) is 13.4 Å². The largest absolute Gasteiger partial charge is 0.389 e. The second-order valence-corrected chi connectivity index (χ2v) is 8.98. The molecule has 112 valence electrons. The molecule has 0 amide bonds. The Balaban J connectivity index is 2.35. The zero-order valence-corrected chi connectivity index (χ0v) is 14.9. The third kappa shape index (κ3) is 3.72. The van der Waals surface area contributed by atoms with Gasteiger partial charge in [-0.3, -0.25) is 4.72 Å². The summed E-state index contributed by atoms with van der Waals surface area (Å²) in [5, 5.41) is 0.268. The summed E-state index contributed by atoms with van der Waals surface area (Å²) in [6.45, 7) is 0. The van der Waals surface area contributed by atoms with Crippen molar-refractivity contribution in [2.45, 2.75) is 4.21 Å². The molecule has 0 bridgehead atoms. The third-order valence-corrected chi connectivity index (χ3v) is 6.93. The Labute approximate surface area is 143 Å². The van der Waals surface area contributed by atoms with Crippen LogP contribution in [0, 0.1) is 5.82 Å². The van der Waals surface area contributed by atoms with Gasteiger partial charge in [0.2, 0.25) is 0 Å². The van der Waals surface area contributed by atoms with Gasteiger partial charge in [0.05, 0.1) is 14.5 Å². The first-order chi connectivity index (χ1) is 9.70. The molecule has 0 fully saturated rings. The second kappa shape index (κ2) is 6.17. The third-order valence-electron chi connectivity index (χ3n) is 2.39. The molecule has 1 aromatic carbocycles. The van der Waals surface area contributed by atoms with Gasteiger partial charge >= 0.3 is 0 Å². The lowest BCUT2D eigenvalue weighted by Gasteiger charge is -2.08. The van der Waals surface area contributed by atoms with E-state index in [-0.39, 0.29) is 19.9 Å². The first kappa shape index (κ1) is 16.6. The van der Waals surface area contributed by atoms with Gasteiger partial charge < -0.3 is 5.73 Å². The predicted octanol–water partition coefficient (Wildman–Crippen LogP) is 3.74. The molecule has 1 aromatic heterocycles. The van der Waals surface area contributed by atoms with Gasteiger partial charge in [-0.1, -0.05) is 23.8 Å². The molecule has 1 heterocycles. The van der Waals surface area contributed by atoms with Crippen molar-refractivity contribution in [3.05, 3.63) is 44.5 Å². The van der Waals surface area contributed by atoms with Gasteiger partial charge in [-0.15, -0.1) is 11.3 Å². The molecule has 2 aromatic rings. The fourth-order valence-corrected chi connectivity index (χ4v) is 5.00. The minimum absolute atomic E-state index is 0.0253. The maximum Gasteiger partial charge on any atom is 0.271 e. The highest BCUT2D eigenvalue weighted by molar-refractivity contribution is 9.11. The van der Waals surface area contributed by atoms with Crippen LogP contribution in [0.3, 0.4) is 0 Å². The molecule has 4 nitrogen and oxygen atoms in total. The number of thiocarbonyl (C=S) groups is 1. The molecule has 0 radical (unpaired) electrons. The zero-order chi connectivity index (χ0) is 15.8.